The minimum absolute atomic E-state index is 0.00893. The van der Waals surface area contributed by atoms with Gasteiger partial charge in [-0.2, -0.15) is 0 Å². The molecule has 0 saturated heterocycles. The lowest BCUT2D eigenvalue weighted by Crippen LogP contribution is -2.46. The first-order valence-corrected chi connectivity index (χ1v) is 6.73. The second-order valence-corrected chi connectivity index (χ2v) is 5.58. The van der Waals surface area contributed by atoms with Crippen molar-refractivity contribution in [1.82, 2.24) is 10.6 Å². The van der Waals surface area contributed by atoms with E-state index < -0.39 is 5.97 Å². The third-order valence-corrected chi connectivity index (χ3v) is 3.26. The quantitative estimate of drug-likeness (QED) is 0.651. The molecule has 1 atom stereocenters. The normalized spacial score (nSPS) is 17.1. The van der Waals surface area contributed by atoms with Crippen LogP contribution in [0.5, 0.6) is 0 Å². The van der Waals surface area contributed by atoms with Gasteiger partial charge in [-0.1, -0.05) is 13.8 Å². The van der Waals surface area contributed by atoms with E-state index in [0.717, 1.165) is 19.3 Å². The average Bonchev–Trinajstić information content (AvgIpc) is 2.18. The zero-order valence-electron chi connectivity index (χ0n) is 11.2. The van der Waals surface area contributed by atoms with Gasteiger partial charge in [-0.15, -0.1) is 0 Å². The molecule has 0 aliphatic heterocycles. The highest BCUT2D eigenvalue weighted by Crippen LogP contribution is 2.18. The van der Waals surface area contributed by atoms with Gasteiger partial charge >= 0.3 is 12.0 Å². The highest BCUT2D eigenvalue weighted by Gasteiger charge is 2.20. The number of urea groups is 1. The molecule has 0 aromatic rings. The Labute approximate surface area is 108 Å². The molecule has 0 bridgehead atoms. The van der Waals surface area contributed by atoms with E-state index in [4.69, 9.17) is 5.11 Å². The number of rotatable bonds is 7. The van der Waals surface area contributed by atoms with E-state index in [9.17, 15) is 9.59 Å². The van der Waals surface area contributed by atoms with Crippen LogP contribution in [0.3, 0.4) is 0 Å². The summed E-state index contributed by atoms with van der Waals surface area (Å²) in [5.41, 5.74) is 0. The molecule has 0 aromatic heterocycles. The fourth-order valence-corrected chi connectivity index (χ4v) is 2.18. The molecule has 5 heteroatoms. The number of hydrogen-bond acceptors (Lipinski definition) is 2. The van der Waals surface area contributed by atoms with E-state index in [0.29, 0.717) is 18.5 Å². The molecule has 1 aliphatic carbocycles. The van der Waals surface area contributed by atoms with Crippen LogP contribution in [0.4, 0.5) is 4.79 Å². The molecular weight excluding hydrogens is 232 g/mol. The summed E-state index contributed by atoms with van der Waals surface area (Å²) in [5.74, 6) is -0.359. The Balaban J connectivity index is 2.25. The van der Waals surface area contributed by atoms with Gasteiger partial charge in [0, 0.05) is 19.0 Å². The Morgan fingerprint density at radius 3 is 2.44 bits per heavy atom. The molecule has 1 saturated carbocycles. The van der Waals surface area contributed by atoms with Crippen molar-refractivity contribution >= 4 is 12.0 Å². The summed E-state index contributed by atoms with van der Waals surface area (Å²) in [4.78, 5) is 22.3. The van der Waals surface area contributed by atoms with E-state index in [1.807, 2.05) is 0 Å². The topological polar surface area (TPSA) is 78.4 Å². The lowest BCUT2D eigenvalue weighted by atomic mass is 9.93. The maximum Gasteiger partial charge on any atom is 0.315 e. The van der Waals surface area contributed by atoms with Crippen molar-refractivity contribution in [2.24, 2.45) is 11.8 Å². The van der Waals surface area contributed by atoms with Gasteiger partial charge in [0.25, 0.3) is 0 Å². The van der Waals surface area contributed by atoms with E-state index in [1.54, 1.807) is 0 Å². The number of carbonyl (C=O) groups is 2. The highest BCUT2D eigenvalue weighted by atomic mass is 16.4. The number of hydrogen-bond donors (Lipinski definition) is 3. The molecule has 104 valence electrons. The number of carbonyl (C=O) groups excluding carboxylic acids is 1. The minimum Gasteiger partial charge on any atom is -0.481 e. The lowest BCUT2D eigenvalue weighted by Gasteiger charge is -2.27. The summed E-state index contributed by atoms with van der Waals surface area (Å²) >= 11 is 0. The van der Waals surface area contributed by atoms with Gasteiger partial charge in [0.15, 0.2) is 0 Å². The fraction of sp³-hybridized carbons (Fsp3) is 0.846. The number of aliphatic carboxylic acids is 1. The summed E-state index contributed by atoms with van der Waals surface area (Å²) in [7, 11) is 0. The fourth-order valence-electron chi connectivity index (χ4n) is 2.18. The van der Waals surface area contributed by atoms with Gasteiger partial charge < -0.3 is 15.7 Å². The molecule has 18 heavy (non-hydrogen) atoms. The molecule has 0 aromatic carbocycles. The van der Waals surface area contributed by atoms with Gasteiger partial charge in [-0.05, 0) is 37.5 Å². The third-order valence-electron chi connectivity index (χ3n) is 3.26. The molecule has 1 fully saturated rings. The molecular formula is C13H24N2O3. The maximum absolute atomic E-state index is 11.6. The van der Waals surface area contributed by atoms with E-state index in [1.165, 1.54) is 6.42 Å². The molecule has 1 unspecified atom stereocenters. The number of carboxylic acid groups (broad SMARTS) is 1. The SMILES string of the molecule is CC(C)CC(CNC(=O)NC1CCC1)CC(=O)O. The van der Waals surface area contributed by atoms with Crippen LogP contribution in [0, 0.1) is 11.8 Å². The third kappa shape index (κ3) is 5.89. The molecule has 1 aliphatic rings. The van der Waals surface area contributed by atoms with Crippen LogP contribution >= 0.6 is 0 Å². The van der Waals surface area contributed by atoms with Crippen molar-refractivity contribution in [1.29, 1.82) is 0 Å². The van der Waals surface area contributed by atoms with Crippen LogP contribution < -0.4 is 10.6 Å². The van der Waals surface area contributed by atoms with Gasteiger partial charge in [-0.25, -0.2) is 4.79 Å². The summed E-state index contributed by atoms with van der Waals surface area (Å²) in [6.45, 7) is 4.55. The zero-order chi connectivity index (χ0) is 13.5. The largest absolute Gasteiger partial charge is 0.481 e. The average molecular weight is 256 g/mol. The Morgan fingerprint density at radius 1 is 1.33 bits per heavy atom. The van der Waals surface area contributed by atoms with Crippen LogP contribution in [-0.2, 0) is 4.79 Å². The first kappa shape index (κ1) is 14.8. The first-order chi connectivity index (χ1) is 8.47. The second-order valence-electron chi connectivity index (χ2n) is 5.58. The minimum atomic E-state index is -0.804. The molecule has 0 radical (unpaired) electrons. The van der Waals surface area contributed by atoms with Crippen LogP contribution in [-0.4, -0.2) is 29.7 Å². The number of carboxylic acids is 1. The lowest BCUT2D eigenvalue weighted by molar-refractivity contribution is -0.138. The molecule has 3 N–H and O–H groups in total. The molecule has 1 rings (SSSR count). The Bertz CT molecular complexity index is 288. The highest BCUT2D eigenvalue weighted by molar-refractivity contribution is 5.74. The van der Waals surface area contributed by atoms with Crippen molar-refractivity contribution < 1.29 is 14.7 Å². The van der Waals surface area contributed by atoms with Gasteiger partial charge in [0.2, 0.25) is 0 Å². The number of nitrogens with one attached hydrogen (secondary N) is 2. The van der Waals surface area contributed by atoms with Gasteiger partial charge in [0.1, 0.15) is 0 Å². The Kier molecular flexibility index (Phi) is 5.95. The Morgan fingerprint density at radius 2 is 2.00 bits per heavy atom. The molecule has 5 nitrogen and oxygen atoms in total. The smallest absolute Gasteiger partial charge is 0.315 e. The summed E-state index contributed by atoms with van der Waals surface area (Å²) in [5, 5.41) is 14.5. The second kappa shape index (κ2) is 7.24. The summed E-state index contributed by atoms with van der Waals surface area (Å²) in [6, 6.07) is 0.145. The Hall–Kier alpha value is -1.26. The van der Waals surface area contributed by atoms with Crippen molar-refractivity contribution in [3.05, 3.63) is 0 Å². The van der Waals surface area contributed by atoms with Crippen molar-refractivity contribution in [3.63, 3.8) is 0 Å². The first-order valence-electron chi connectivity index (χ1n) is 6.73. The zero-order valence-corrected chi connectivity index (χ0v) is 11.2. The predicted molar refractivity (Wildman–Crippen MR) is 69.4 cm³/mol. The van der Waals surface area contributed by atoms with Gasteiger partial charge in [-0.3, -0.25) is 4.79 Å². The number of amides is 2. The van der Waals surface area contributed by atoms with E-state index >= 15 is 0 Å². The maximum atomic E-state index is 11.6. The monoisotopic (exact) mass is 256 g/mol. The molecule has 0 spiro atoms. The summed E-state index contributed by atoms with van der Waals surface area (Å²) in [6.07, 6.45) is 4.22. The van der Waals surface area contributed by atoms with E-state index in [-0.39, 0.29) is 18.4 Å². The predicted octanol–water partition coefficient (Wildman–Crippen LogP) is 1.98. The van der Waals surface area contributed by atoms with Crippen LogP contribution in [0.1, 0.15) is 46.0 Å². The molecule has 2 amide bonds. The standard InChI is InChI=1S/C13H24N2O3/c1-9(2)6-10(7-12(16)17)8-14-13(18)15-11-4-3-5-11/h9-11H,3-8H2,1-2H3,(H,16,17)(H2,14,15,18). The van der Waals surface area contributed by atoms with Crippen LogP contribution in [0.15, 0.2) is 0 Å². The molecule has 0 heterocycles. The van der Waals surface area contributed by atoms with Crippen molar-refractivity contribution in [3.8, 4) is 0 Å². The van der Waals surface area contributed by atoms with Gasteiger partial charge in [0.05, 0.1) is 0 Å². The van der Waals surface area contributed by atoms with Crippen LogP contribution in [0.25, 0.3) is 0 Å². The summed E-state index contributed by atoms with van der Waals surface area (Å²) < 4.78 is 0. The van der Waals surface area contributed by atoms with Crippen molar-refractivity contribution in [2.75, 3.05) is 6.54 Å². The van der Waals surface area contributed by atoms with Crippen molar-refractivity contribution in [2.45, 2.75) is 52.0 Å². The van der Waals surface area contributed by atoms with Crippen LogP contribution in [0.2, 0.25) is 0 Å². The van der Waals surface area contributed by atoms with E-state index in [2.05, 4.69) is 24.5 Å².